The molecule has 0 aliphatic rings. The zero-order chi connectivity index (χ0) is 14.4. The number of anilines is 1. The molecule has 1 amide bonds. The molecule has 0 saturated carbocycles. The van der Waals surface area contributed by atoms with Gasteiger partial charge in [0, 0.05) is 11.8 Å². The normalized spacial score (nSPS) is 9.60. The van der Waals surface area contributed by atoms with E-state index < -0.39 is 11.7 Å². The molecule has 0 unspecified atom stereocenters. The number of hydrogen-bond acceptors (Lipinski definition) is 3. The van der Waals surface area contributed by atoms with Gasteiger partial charge in [-0.05, 0) is 24.3 Å². The summed E-state index contributed by atoms with van der Waals surface area (Å²) in [7, 11) is 0. The number of ether oxygens (including phenoxy) is 1. The highest BCUT2D eigenvalue weighted by Crippen LogP contribution is 2.18. The molecular weight excluding hydrogens is 259 g/mol. The Bertz CT molecular complexity index is 665. The lowest BCUT2D eigenvalue weighted by atomic mass is 10.2. The Labute approximate surface area is 115 Å². The molecule has 1 N–H and O–H groups in total. The largest absolute Gasteiger partial charge is 0.479 e. The molecule has 0 heterocycles. The van der Waals surface area contributed by atoms with Crippen molar-refractivity contribution < 1.29 is 13.9 Å². The maximum atomic E-state index is 13.5. The number of hydrogen-bond donors (Lipinski definition) is 1. The van der Waals surface area contributed by atoms with E-state index in [4.69, 9.17) is 10.00 Å². The van der Waals surface area contributed by atoms with Gasteiger partial charge in [0.2, 0.25) is 0 Å². The summed E-state index contributed by atoms with van der Waals surface area (Å²) >= 11 is 0. The van der Waals surface area contributed by atoms with Crippen LogP contribution in [0.3, 0.4) is 0 Å². The molecule has 20 heavy (non-hydrogen) atoms. The van der Waals surface area contributed by atoms with Crippen LogP contribution in [0.15, 0.2) is 48.5 Å². The highest BCUT2D eigenvalue weighted by atomic mass is 19.1. The molecule has 0 aliphatic carbocycles. The van der Waals surface area contributed by atoms with Crippen molar-refractivity contribution in [1.29, 1.82) is 5.26 Å². The van der Waals surface area contributed by atoms with Crippen molar-refractivity contribution in [3.05, 3.63) is 59.9 Å². The van der Waals surface area contributed by atoms with Crippen molar-refractivity contribution in [2.45, 2.75) is 0 Å². The summed E-state index contributed by atoms with van der Waals surface area (Å²) in [5.74, 6) is -0.666. The van der Waals surface area contributed by atoms with Crippen LogP contribution in [-0.2, 0) is 0 Å². The Hall–Kier alpha value is -2.87. The van der Waals surface area contributed by atoms with E-state index in [2.05, 4.69) is 5.32 Å². The van der Waals surface area contributed by atoms with Crippen LogP contribution in [0.25, 0.3) is 0 Å². The topological polar surface area (TPSA) is 62.1 Å². The number of nitriles is 1. The molecule has 0 fully saturated rings. The Kier molecular flexibility index (Phi) is 4.30. The monoisotopic (exact) mass is 270 g/mol. The summed E-state index contributed by atoms with van der Waals surface area (Å²) in [5.41, 5.74) is 0.435. The Morgan fingerprint density at radius 3 is 2.80 bits per heavy atom. The Balaban J connectivity index is 2.12. The number of halogens is 1. The molecule has 0 bridgehead atoms. The van der Waals surface area contributed by atoms with Crippen LogP contribution >= 0.6 is 0 Å². The Morgan fingerprint density at radius 2 is 2.05 bits per heavy atom. The van der Waals surface area contributed by atoms with Gasteiger partial charge in [-0.2, -0.15) is 5.26 Å². The number of nitrogens with one attached hydrogen (secondary N) is 1. The average molecular weight is 270 g/mol. The van der Waals surface area contributed by atoms with Gasteiger partial charge < -0.3 is 10.1 Å². The number of rotatable bonds is 4. The molecule has 2 aromatic rings. The van der Waals surface area contributed by atoms with Crippen molar-refractivity contribution in [2.24, 2.45) is 0 Å². The fourth-order valence-electron chi connectivity index (χ4n) is 1.62. The third-order valence-corrected chi connectivity index (χ3v) is 2.51. The number of nitrogens with zero attached hydrogens (tertiary/aromatic N) is 1. The van der Waals surface area contributed by atoms with E-state index in [-0.39, 0.29) is 12.2 Å². The van der Waals surface area contributed by atoms with E-state index in [1.165, 1.54) is 18.2 Å². The zero-order valence-corrected chi connectivity index (χ0v) is 10.5. The first-order chi connectivity index (χ1) is 9.70. The summed E-state index contributed by atoms with van der Waals surface area (Å²) in [6.07, 6.45) is 0. The van der Waals surface area contributed by atoms with Crippen molar-refractivity contribution >= 4 is 11.6 Å². The second-order valence-electron chi connectivity index (χ2n) is 3.91. The molecule has 0 spiro atoms. The zero-order valence-electron chi connectivity index (χ0n) is 10.5. The summed E-state index contributed by atoms with van der Waals surface area (Å²) in [6, 6.07) is 14.1. The first-order valence-electron chi connectivity index (χ1n) is 5.86. The van der Waals surface area contributed by atoms with E-state index >= 15 is 0 Å². The molecule has 4 nitrogen and oxygen atoms in total. The number of carbonyl (C=O) groups excluding carboxylic acids is 1. The third kappa shape index (κ3) is 3.33. The summed E-state index contributed by atoms with van der Waals surface area (Å²) in [4.78, 5) is 11.9. The first-order valence-corrected chi connectivity index (χ1v) is 5.86. The molecule has 0 aromatic heterocycles. The van der Waals surface area contributed by atoms with Gasteiger partial charge in [0.25, 0.3) is 5.91 Å². The number of carbonyl (C=O) groups is 1. The van der Waals surface area contributed by atoms with Crippen LogP contribution in [0, 0.1) is 17.1 Å². The minimum absolute atomic E-state index is 0.0316. The predicted octanol–water partition coefficient (Wildman–Crippen LogP) is 2.98. The van der Waals surface area contributed by atoms with Gasteiger partial charge in [0.15, 0.2) is 6.61 Å². The SMILES string of the molecule is N#CCOc1cccc(NC(=O)c2ccccc2F)c1. The van der Waals surface area contributed by atoms with Crippen LogP contribution < -0.4 is 10.1 Å². The molecule has 100 valence electrons. The summed E-state index contributed by atoms with van der Waals surface area (Å²) < 4.78 is 18.6. The molecular formula is C15H11FN2O2. The number of amides is 1. The van der Waals surface area contributed by atoms with Gasteiger partial charge in [-0.15, -0.1) is 0 Å². The first kappa shape index (κ1) is 13.6. The van der Waals surface area contributed by atoms with Crippen LogP contribution in [-0.4, -0.2) is 12.5 Å². The van der Waals surface area contributed by atoms with E-state index in [0.717, 1.165) is 0 Å². The van der Waals surface area contributed by atoms with Gasteiger partial charge in [-0.3, -0.25) is 4.79 Å². The van der Waals surface area contributed by atoms with Crippen molar-refractivity contribution in [3.63, 3.8) is 0 Å². The molecule has 5 heteroatoms. The second-order valence-corrected chi connectivity index (χ2v) is 3.91. The minimum atomic E-state index is -0.582. The van der Waals surface area contributed by atoms with E-state index in [1.54, 1.807) is 30.3 Å². The fraction of sp³-hybridized carbons (Fsp3) is 0.0667. The van der Waals surface area contributed by atoms with Crippen molar-refractivity contribution in [3.8, 4) is 11.8 Å². The molecule has 0 atom stereocenters. The van der Waals surface area contributed by atoms with Gasteiger partial charge in [-0.1, -0.05) is 18.2 Å². The van der Waals surface area contributed by atoms with Crippen LogP contribution in [0.1, 0.15) is 10.4 Å². The fourth-order valence-corrected chi connectivity index (χ4v) is 1.62. The van der Waals surface area contributed by atoms with Gasteiger partial charge in [0.05, 0.1) is 5.56 Å². The van der Waals surface area contributed by atoms with Crippen LogP contribution in [0.2, 0.25) is 0 Å². The Morgan fingerprint density at radius 1 is 1.25 bits per heavy atom. The predicted molar refractivity (Wildman–Crippen MR) is 71.9 cm³/mol. The lowest BCUT2D eigenvalue weighted by Crippen LogP contribution is -2.13. The number of benzene rings is 2. The molecule has 0 radical (unpaired) electrons. The van der Waals surface area contributed by atoms with Crippen LogP contribution in [0.4, 0.5) is 10.1 Å². The second kappa shape index (κ2) is 6.34. The van der Waals surface area contributed by atoms with E-state index in [1.807, 2.05) is 6.07 Å². The van der Waals surface area contributed by atoms with E-state index in [0.29, 0.717) is 11.4 Å². The maximum absolute atomic E-state index is 13.5. The highest BCUT2D eigenvalue weighted by molar-refractivity contribution is 6.04. The molecule has 2 aromatic carbocycles. The lowest BCUT2D eigenvalue weighted by Gasteiger charge is -2.08. The van der Waals surface area contributed by atoms with Crippen LogP contribution in [0.5, 0.6) is 5.75 Å². The lowest BCUT2D eigenvalue weighted by molar-refractivity contribution is 0.102. The quantitative estimate of drug-likeness (QED) is 0.929. The summed E-state index contributed by atoms with van der Waals surface area (Å²) in [5, 5.41) is 11.0. The van der Waals surface area contributed by atoms with Gasteiger partial charge in [-0.25, -0.2) is 4.39 Å². The average Bonchev–Trinajstić information content (AvgIpc) is 2.46. The highest BCUT2D eigenvalue weighted by Gasteiger charge is 2.11. The van der Waals surface area contributed by atoms with Crippen molar-refractivity contribution in [2.75, 3.05) is 11.9 Å². The molecule has 0 saturated heterocycles. The van der Waals surface area contributed by atoms with Gasteiger partial charge >= 0.3 is 0 Å². The smallest absolute Gasteiger partial charge is 0.258 e. The van der Waals surface area contributed by atoms with Crippen molar-refractivity contribution in [1.82, 2.24) is 0 Å². The van der Waals surface area contributed by atoms with E-state index in [9.17, 15) is 9.18 Å². The maximum Gasteiger partial charge on any atom is 0.258 e. The third-order valence-electron chi connectivity index (χ3n) is 2.51. The molecule has 0 aliphatic heterocycles. The standard InChI is InChI=1S/C15H11FN2O2/c16-14-7-2-1-6-13(14)15(19)18-11-4-3-5-12(10-11)20-9-8-17/h1-7,10H,9H2,(H,18,19). The van der Waals surface area contributed by atoms with Gasteiger partial charge in [0.1, 0.15) is 17.6 Å². The summed E-state index contributed by atoms with van der Waals surface area (Å²) in [6.45, 7) is -0.0787. The minimum Gasteiger partial charge on any atom is -0.479 e. The molecule has 2 rings (SSSR count).